The van der Waals surface area contributed by atoms with Gasteiger partial charge in [0.25, 0.3) is 5.91 Å². The Hall–Kier alpha value is -3.36. The number of rotatable bonds is 12. The topological polar surface area (TPSA) is 64.6 Å². The number of nitrogens with one attached hydrogen (secondary N) is 2. The van der Waals surface area contributed by atoms with Gasteiger partial charge in [-0.1, -0.05) is 24.3 Å². The molecule has 36 heavy (non-hydrogen) atoms. The van der Waals surface area contributed by atoms with Gasteiger partial charge >= 0.3 is 0 Å². The molecule has 0 unspecified atom stereocenters. The number of hydrogen-bond acceptors (Lipinski definition) is 4. The molecule has 0 fully saturated rings. The van der Waals surface area contributed by atoms with E-state index in [2.05, 4.69) is 10.2 Å². The first-order valence-electron chi connectivity index (χ1n) is 11.9. The van der Waals surface area contributed by atoms with Crippen molar-refractivity contribution >= 4 is 11.6 Å². The number of hydrogen-bond donors (Lipinski definition) is 3. The number of hydroxylamine groups is 1. The average molecular weight is 500 g/mol. The van der Waals surface area contributed by atoms with Crippen molar-refractivity contribution in [1.82, 2.24) is 10.4 Å². The van der Waals surface area contributed by atoms with Crippen LogP contribution < -0.4 is 10.8 Å². The van der Waals surface area contributed by atoms with Crippen molar-refractivity contribution in [3.05, 3.63) is 100 Å². The van der Waals surface area contributed by atoms with E-state index in [1.54, 1.807) is 55.7 Å². The summed E-state index contributed by atoms with van der Waals surface area (Å²) in [6.45, 7) is 5.18. The van der Waals surface area contributed by atoms with Crippen LogP contribution in [0.3, 0.4) is 0 Å². The number of carbonyl (C=O) groups excluding carboxylic acids is 1. The second kappa shape index (κ2) is 13.1. The van der Waals surface area contributed by atoms with Crippen LogP contribution in [0.4, 0.5) is 18.9 Å². The lowest BCUT2D eigenvalue weighted by Crippen LogP contribution is -2.38. The molecule has 0 heterocycles. The van der Waals surface area contributed by atoms with Gasteiger partial charge in [0.15, 0.2) is 0 Å². The van der Waals surface area contributed by atoms with Gasteiger partial charge in [-0.15, -0.1) is 0 Å². The lowest BCUT2D eigenvalue weighted by molar-refractivity contribution is -0.130. The third-order valence-corrected chi connectivity index (χ3v) is 6.06. The van der Waals surface area contributed by atoms with Crippen LogP contribution in [-0.2, 0) is 17.9 Å². The molecule has 0 aliphatic carbocycles. The summed E-state index contributed by atoms with van der Waals surface area (Å²) in [6.07, 6.45) is 1.87. The zero-order chi connectivity index (χ0) is 26.1. The lowest BCUT2D eigenvalue weighted by atomic mass is 10.1. The summed E-state index contributed by atoms with van der Waals surface area (Å²) in [5, 5.41) is 12.3. The Bertz CT molecular complexity index is 1070. The summed E-state index contributed by atoms with van der Waals surface area (Å²) in [4.78, 5) is 14.4. The largest absolute Gasteiger partial charge is 0.374 e. The third-order valence-electron chi connectivity index (χ3n) is 6.06. The van der Waals surface area contributed by atoms with Crippen LogP contribution in [-0.4, -0.2) is 28.6 Å². The van der Waals surface area contributed by atoms with Crippen molar-refractivity contribution < 1.29 is 23.2 Å². The fourth-order valence-electron chi connectivity index (χ4n) is 4.17. The Balaban J connectivity index is 1.61. The SMILES string of the molecule is Cc1cc(N[C@H](CCCCN(Cc2ccc(F)cc2)Cc2ccc(F)cc2)C(=O)NO)cc(C)c1F. The monoisotopic (exact) mass is 499 g/mol. The van der Waals surface area contributed by atoms with E-state index in [4.69, 9.17) is 0 Å². The first kappa shape index (κ1) is 27.2. The molecule has 0 spiro atoms. The number of aryl methyl sites for hydroxylation is 2. The van der Waals surface area contributed by atoms with Gasteiger partial charge in [0, 0.05) is 18.8 Å². The zero-order valence-electron chi connectivity index (χ0n) is 20.5. The van der Waals surface area contributed by atoms with E-state index in [1.807, 2.05) is 0 Å². The lowest BCUT2D eigenvalue weighted by Gasteiger charge is -2.24. The highest BCUT2D eigenvalue weighted by molar-refractivity contribution is 5.83. The van der Waals surface area contributed by atoms with Gasteiger partial charge in [-0.25, -0.2) is 18.7 Å². The quantitative estimate of drug-likeness (QED) is 0.165. The van der Waals surface area contributed by atoms with Crippen molar-refractivity contribution in [3.8, 4) is 0 Å². The van der Waals surface area contributed by atoms with E-state index in [0.717, 1.165) is 17.5 Å². The van der Waals surface area contributed by atoms with Crippen LogP contribution in [0, 0.1) is 31.3 Å². The number of amides is 1. The molecule has 0 saturated carbocycles. The molecule has 192 valence electrons. The molecule has 8 heteroatoms. The standard InChI is InChI=1S/C28H32F3N3O2/c1-19-15-25(16-20(2)27(19)31)32-26(28(35)33-36)5-3-4-14-34(17-21-6-10-23(29)11-7-21)18-22-8-12-24(30)13-9-22/h6-13,15-16,26,32,36H,3-5,14,17-18H2,1-2H3,(H,33,35)/t26-/m1/s1. The summed E-state index contributed by atoms with van der Waals surface area (Å²) in [5.41, 5.74) is 5.17. The highest BCUT2D eigenvalue weighted by atomic mass is 19.1. The van der Waals surface area contributed by atoms with Crippen LogP contribution >= 0.6 is 0 Å². The number of nitrogens with zero attached hydrogens (tertiary/aromatic N) is 1. The molecule has 0 aromatic heterocycles. The smallest absolute Gasteiger partial charge is 0.265 e. The maximum atomic E-state index is 14.0. The van der Waals surface area contributed by atoms with E-state index in [-0.39, 0.29) is 17.5 Å². The molecular weight excluding hydrogens is 467 g/mol. The van der Waals surface area contributed by atoms with Crippen LogP contribution in [0.2, 0.25) is 0 Å². The van der Waals surface area contributed by atoms with Crippen molar-refractivity contribution in [3.63, 3.8) is 0 Å². The first-order chi connectivity index (χ1) is 17.2. The van der Waals surface area contributed by atoms with Crippen molar-refractivity contribution in [2.24, 2.45) is 0 Å². The van der Waals surface area contributed by atoms with E-state index in [0.29, 0.717) is 49.3 Å². The Morgan fingerprint density at radius 1 is 0.861 bits per heavy atom. The normalized spacial score (nSPS) is 12.0. The van der Waals surface area contributed by atoms with Gasteiger partial charge in [-0.05, 0) is 98.3 Å². The minimum Gasteiger partial charge on any atom is -0.374 e. The van der Waals surface area contributed by atoms with Gasteiger partial charge in [-0.2, -0.15) is 0 Å². The minimum absolute atomic E-state index is 0.286. The first-order valence-corrected chi connectivity index (χ1v) is 11.9. The fourth-order valence-corrected chi connectivity index (χ4v) is 4.17. The number of anilines is 1. The summed E-state index contributed by atoms with van der Waals surface area (Å²) in [6, 6.07) is 15.2. The summed E-state index contributed by atoms with van der Waals surface area (Å²) in [7, 11) is 0. The van der Waals surface area contributed by atoms with Gasteiger partial charge in [0.2, 0.25) is 0 Å². The molecule has 0 bridgehead atoms. The Morgan fingerprint density at radius 2 is 1.36 bits per heavy atom. The van der Waals surface area contributed by atoms with E-state index < -0.39 is 11.9 Å². The number of benzene rings is 3. The maximum absolute atomic E-state index is 14.0. The van der Waals surface area contributed by atoms with Gasteiger partial charge in [-0.3, -0.25) is 14.9 Å². The Morgan fingerprint density at radius 3 is 1.83 bits per heavy atom. The Labute approximate surface area is 209 Å². The predicted molar refractivity (Wildman–Crippen MR) is 134 cm³/mol. The second-order valence-corrected chi connectivity index (χ2v) is 9.06. The van der Waals surface area contributed by atoms with Gasteiger partial charge < -0.3 is 5.32 Å². The number of halogens is 3. The van der Waals surface area contributed by atoms with E-state index >= 15 is 0 Å². The average Bonchev–Trinajstić information content (AvgIpc) is 2.86. The second-order valence-electron chi connectivity index (χ2n) is 9.06. The van der Waals surface area contributed by atoms with Crippen molar-refractivity contribution in [2.75, 3.05) is 11.9 Å². The molecular formula is C28H32F3N3O2. The maximum Gasteiger partial charge on any atom is 0.265 e. The summed E-state index contributed by atoms with van der Waals surface area (Å²) >= 11 is 0. The molecule has 3 N–H and O–H groups in total. The predicted octanol–water partition coefficient (Wildman–Crippen LogP) is 5.88. The van der Waals surface area contributed by atoms with Crippen LogP contribution in [0.1, 0.15) is 41.5 Å². The van der Waals surface area contributed by atoms with Crippen molar-refractivity contribution in [1.29, 1.82) is 0 Å². The third kappa shape index (κ3) is 8.10. The Kier molecular flexibility index (Phi) is 9.90. The molecule has 0 radical (unpaired) electrons. The van der Waals surface area contributed by atoms with Gasteiger partial charge in [0.1, 0.15) is 23.5 Å². The van der Waals surface area contributed by atoms with E-state index in [9.17, 15) is 23.2 Å². The molecule has 3 aromatic carbocycles. The van der Waals surface area contributed by atoms with Gasteiger partial charge in [0.05, 0.1) is 0 Å². The highest BCUT2D eigenvalue weighted by Gasteiger charge is 2.19. The molecule has 0 aliphatic rings. The summed E-state index contributed by atoms with van der Waals surface area (Å²) in [5.74, 6) is -1.44. The number of unbranched alkanes of at least 4 members (excludes halogenated alkanes) is 1. The molecule has 3 rings (SSSR count). The molecule has 1 amide bonds. The van der Waals surface area contributed by atoms with Crippen LogP contribution in [0.15, 0.2) is 60.7 Å². The summed E-state index contributed by atoms with van der Waals surface area (Å²) < 4.78 is 40.6. The molecule has 0 saturated heterocycles. The molecule has 5 nitrogen and oxygen atoms in total. The number of carbonyl (C=O) groups is 1. The molecule has 1 atom stereocenters. The van der Waals surface area contributed by atoms with Crippen molar-refractivity contribution in [2.45, 2.75) is 52.2 Å². The zero-order valence-corrected chi connectivity index (χ0v) is 20.5. The fraction of sp³-hybridized carbons (Fsp3) is 0.321. The molecule has 3 aromatic rings. The van der Waals surface area contributed by atoms with Crippen LogP contribution in [0.5, 0.6) is 0 Å². The highest BCUT2D eigenvalue weighted by Crippen LogP contribution is 2.21. The van der Waals surface area contributed by atoms with Crippen LogP contribution in [0.25, 0.3) is 0 Å². The van der Waals surface area contributed by atoms with E-state index in [1.165, 1.54) is 24.3 Å². The minimum atomic E-state index is -0.693. The molecule has 0 aliphatic heterocycles.